The predicted octanol–water partition coefficient (Wildman–Crippen LogP) is 5.23. The minimum absolute atomic E-state index is 0.0924. The molecule has 0 aromatic heterocycles. The van der Waals surface area contributed by atoms with E-state index >= 15 is 0 Å². The normalized spacial score (nSPS) is 14.4. The lowest BCUT2D eigenvalue weighted by Gasteiger charge is -2.14. The molecule has 35 heavy (non-hydrogen) atoms. The topological polar surface area (TPSA) is 102 Å². The number of ether oxygens (including phenoxy) is 2. The number of rotatable bonds is 8. The fourth-order valence-corrected chi connectivity index (χ4v) is 4.58. The van der Waals surface area contributed by atoms with Crippen molar-refractivity contribution in [2.24, 2.45) is 0 Å². The maximum absolute atomic E-state index is 12.8. The number of benzene rings is 2. The predicted molar refractivity (Wildman–Crippen MR) is 136 cm³/mol. The van der Waals surface area contributed by atoms with Crippen LogP contribution in [0.25, 0.3) is 6.08 Å². The maximum atomic E-state index is 12.8. The summed E-state index contributed by atoms with van der Waals surface area (Å²) in [6.45, 7) is 4.85. The number of thioether (sulfide) groups is 1. The zero-order valence-electron chi connectivity index (χ0n) is 19.1. The quantitative estimate of drug-likeness (QED) is 0.364. The van der Waals surface area contributed by atoms with Crippen molar-refractivity contribution in [3.8, 4) is 5.75 Å². The van der Waals surface area contributed by atoms with Gasteiger partial charge in [-0.05, 0) is 73.5 Å². The number of hydrogen-bond donors (Lipinski definition) is 1. The highest BCUT2D eigenvalue weighted by Crippen LogP contribution is 2.37. The lowest BCUT2D eigenvalue weighted by atomic mass is 10.1. The molecule has 1 aliphatic rings. The fraction of sp³-hybridized carbons (Fsp3) is 0.250. The number of hydrogen-bond acceptors (Lipinski definition) is 7. The summed E-state index contributed by atoms with van der Waals surface area (Å²) in [6, 6.07) is 8.57. The van der Waals surface area contributed by atoms with Crippen molar-refractivity contribution >= 4 is 69.8 Å². The first-order valence-corrected chi connectivity index (χ1v) is 12.1. The van der Waals surface area contributed by atoms with E-state index in [4.69, 9.17) is 32.7 Å². The summed E-state index contributed by atoms with van der Waals surface area (Å²) in [5.74, 6) is -1.57. The van der Waals surface area contributed by atoms with E-state index in [1.165, 1.54) is 18.2 Å². The van der Waals surface area contributed by atoms with Crippen LogP contribution in [0.5, 0.6) is 5.75 Å². The van der Waals surface area contributed by atoms with Crippen molar-refractivity contribution in [3.05, 3.63) is 62.0 Å². The van der Waals surface area contributed by atoms with E-state index in [0.29, 0.717) is 23.0 Å². The molecule has 1 fully saturated rings. The van der Waals surface area contributed by atoms with E-state index in [-0.39, 0.29) is 33.9 Å². The molecule has 2 aromatic carbocycles. The van der Waals surface area contributed by atoms with Crippen LogP contribution in [0.3, 0.4) is 0 Å². The van der Waals surface area contributed by atoms with E-state index in [2.05, 4.69) is 5.32 Å². The number of esters is 1. The number of carbonyl (C=O) groups excluding carboxylic acids is 4. The van der Waals surface area contributed by atoms with Gasteiger partial charge in [-0.2, -0.15) is 0 Å². The molecule has 0 saturated carbocycles. The number of nitrogens with one attached hydrogen (secondary N) is 1. The number of halogens is 2. The molecule has 0 spiro atoms. The molecule has 0 unspecified atom stereocenters. The minimum Gasteiger partial charge on any atom is -0.479 e. The van der Waals surface area contributed by atoms with Gasteiger partial charge in [-0.1, -0.05) is 35.3 Å². The molecule has 0 radical (unpaired) electrons. The fourth-order valence-electron chi connectivity index (χ4n) is 3.13. The SMILES string of the molecule is CCOC(=O)COc1c(Cl)cc(/C=C2\SC(=O)N(CC(=O)Nc3cc(C)ccc3C)C2=O)cc1Cl. The van der Waals surface area contributed by atoms with Crippen molar-refractivity contribution < 1.29 is 28.7 Å². The van der Waals surface area contributed by atoms with Crippen LogP contribution in [-0.4, -0.2) is 47.7 Å². The Morgan fingerprint density at radius 2 is 1.80 bits per heavy atom. The molecule has 11 heteroatoms. The van der Waals surface area contributed by atoms with Crippen molar-refractivity contribution in [3.63, 3.8) is 0 Å². The van der Waals surface area contributed by atoms with Gasteiger partial charge in [0.25, 0.3) is 11.1 Å². The van der Waals surface area contributed by atoms with Gasteiger partial charge in [0.2, 0.25) is 5.91 Å². The largest absolute Gasteiger partial charge is 0.479 e. The molecule has 2 aromatic rings. The molecular weight excluding hydrogens is 515 g/mol. The van der Waals surface area contributed by atoms with E-state index in [0.717, 1.165) is 16.0 Å². The van der Waals surface area contributed by atoms with Crippen molar-refractivity contribution in [2.75, 3.05) is 25.1 Å². The van der Waals surface area contributed by atoms with Gasteiger partial charge in [0, 0.05) is 5.69 Å². The molecule has 8 nitrogen and oxygen atoms in total. The van der Waals surface area contributed by atoms with Gasteiger partial charge in [-0.3, -0.25) is 19.3 Å². The zero-order valence-corrected chi connectivity index (χ0v) is 21.5. The average Bonchev–Trinajstić information content (AvgIpc) is 3.03. The molecule has 1 saturated heterocycles. The van der Waals surface area contributed by atoms with E-state index in [9.17, 15) is 19.2 Å². The second kappa shape index (κ2) is 11.6. The van der Waals surface area contributed by atoms with Crippen molar-refractivity contribution in [2.45, 2.75) is 20.8 Å². The lowest BCUT2D eigenvalue weighted by Crippen LogP contribution is -2.36. The lowest BCUT2D eigenvalue weighted by molar-refractivity contribution is -0.145. The van der Waals surface area contributed by atoms with Crippen LogP contribution >= 0.6 is 35.0 Å². The first kappa shape index (κ1) is 26.6. The van der Waals surface area contributed by atoms with Crippen LogP contribution in [0.1, 0.15) is 23.6 Å². The van der Waals surface area contributed by atoms with Gasteiger partial charge in [0.05, 0.1) is 21.6 Å². The van der Waals surface area contributed by atoms with Gasteiger partial charge in [0.1, 0.15) is 6.54 Å². The summed E-state index contributed by atoms with van der Waals surface area (Å²) in [7, 11) is 0. The first-order valence-electron chi connectivity index (χ1n) is 10.5. The van der Waals surface area contributed by atoms with Crippen LogP contribution in [-0.2, 0) is 19.1 Å². The van der Waals surface area contributed by atoms with Crippen LogP contribution in [0.2, 0.25) is 10.0 Å². The number of anilines is 1. The molecule has 0 bridgehead atoms. The highest BCUT2D eigenvalue weighted by atomic mass is 35.5. The smallest absolute Gasteiger partial charge is 0.344 e. The van der Waals surface area contributed by atoms with E-state index in [1.807, 2.05) is 32.0 Å². The molecule has 0 atom stereocenters. The Balaban J connectivity index is 1.70. The summed E-state index contributed by atoms with van der Waals surface area (Å²) < 4.78 is 10.1. The summed E-state index contributed by atoms with van der Waals surface area (Å²) in [5.41, 5.74) is 2.89. The Hall–Kier alpha value is -3.01. The van der Waals surface area contributed by atoms with E-state index in [1.54, 1.807) is 6.92 Å². The monoisotopic (exact) mass is 536 g/mol. The zero-order chi connectivity index (χ0) is 25.7. The standard InChI is InChI=1S/C24H22Cl2N2O6S/c1-4-33-21(30)12-34-22-16(25)8-15(9-17(22)26)10-19-23(31)28(24(32)35-19)11-20(29)27-18-7-13(2)5-6-14(18)3/h5-10H,4,11-12H2,1-3H3,(H,27,29)/b19-10-. The van der Waals surface area contributed by atoms with Crippen LogP contribution < -0.4 is 10.1 Å². The Morgan fingerprint density at radius 1 is 1.11 bits per heavy atom. The van der Waals surface area contributed by atoms with Crippen LogP contribution in [0.4, 0.5) is 10.5 Å². The number of nitrogens with zero attached hydrogens (tertiary/aromatic N) is 1. The first-order chi connectivity index (χ1) is 16.6. The molecular formula is C24H22Cl2N2O6S. The van der Waals surface area contributed by atoms with Gasteiger partial charge >= 0.3 is 5.97 Å². The summed E-state index contributed by atoms with van der Waals surface area (Å²) >= 11 is 13.2. The highest BCUT2D eigenvalue weighted by molar-refractivity contribution is 8.18. The maximum Gasteiger partial charge on any atom is 0.344 e. The second-order valence-corrected chi connectivity index (χ2v) is 9.35. The molecule has 184 valence electrons. The number of amides is 3. The summed E-state index contributed by atoms with van der Waals surface area (Å²) in [6.07, 6.45) is 1.44. The minimum atomic E-state index is -0.606. The van der Waals surface area contributed by atoms with Gasteiger partial charge in [0.15, 0.2) is 12.4 Å². The molecule has 1 heterocycles. The van der Waals surface area contributed by atoms with Crippen LogP contribution in [0.15, 0.2) is 35.2 Å². The Labute approximate surface area is 216 Å². The molecule has 0 aliphatic carbocycles. The summed E-state index contributed by atoms with van der Waals surface area (Å²) in [5, 5.41) is 2.39. The highest BCUT2D eigenvalue weighted by Gasteiger charge is 2.36. The third-order valence-electron chi connectivity index (χ3n) is 4.80. The van der Waals surface area contributed by atoms with Gasteiger partial charge in [-0.25, -0.2) is 4.79 Å². The number of imide groups is 1. The average molecular weight is 537 g/mol. The van der Waals surface area contributed by atoms with Crippen molar-refractivity contribution in [1.29, 1.82) is 0 Å². The molecule has 3 amide bonds. The molecule has 1 N–H and O–H groups in total. The van der Waals surface area contributed by atoms with Crippen molar-refractivity contribution in [1.82, 2.24) is 4.90 Å². The Kier molecular flexibility index (Phi) is 8.82. The van der Waals surface area contributed by atoms with E-state index < -0.39 is 29.6 Å². The molecule has 3 rings (SSSR count). The second-order valence-electron chi connectivity index (χ2n) is 7.54. The third-order valence-corrected chi connectivity index (χ3v) is 6.27. The Morgan fingerprint density at radius 3 is 2.46 bits per heavy atom. The Bertz CT molecular complexity index is 1210. The summed E-state index contributed by atoms with van der Waals surface area (Å²) in [4.78, 5) is 50.2. The van der Waals surface area contributed by atoms with Crippen LogP contribution in [0, 0.1) is 13.8 Å². The van der Waals surface area contributed by atoms with Gasteiger partial charge in [-0.15, -0.1) is 0 Å². The van der Waals surface area contributed by atoms with Gasteiger partial charge < -0.3 is 14.8 Å². The number of aryl methyl sites for hydroxylation is 2. The third kappa shape index (κ3) is 6.78. The number of carbonyl (C=O) groups is 4. The molecule has 1 aliphatic heterocycles.